The number of hydrogen-bond acceptors (Lipinski definition) is 4. The summed E-state index contributed by atoms with van der Waals surface area (Å²) in [5.41, 5.74) is 3.46. The van der Waals surface area contributed by atoms with Crippen molar-refractivity contribution < 1.29 is 14.3 Å². The Morgan fingerprint density at radius 3 is 2.40 bits per heavy atom. The number of fused-ring (bicyclic) bond motifs is 1. The van der Waals surface area contributed by atoms with Crippen molar-refractivity contribution in [3.05, 3.63) is 83.6 Å². The largest absolute Gasteiger partial charge is 0.445 e. The molecule has 0 bridgehead atoms. The number of rotatable bonds is 8. The highest BCUT2D eigenvalue weighted by Gasteiger charge is 2.36. The lowest BCUT2D eigenvalue weighted by atomic mass is 10.0. The predicted molar refractivity (Wildman–Crippen MR) is 135 cm³/mol. The zero-order valence-electron chi connectivity index (χ0n) is 20.3. The maximum absolute atomic E-state index is 12.8. The van der Waals surface area contributed by atoms with Gasteiger partial charge in [0.15, 0.2) is 0 Å². The number of benzene rings is 2. The van der Waals surface area contributed by atoms with E-state index in [9.17, 15) is 9.59 Å². The topological polar surface area (TPSA) is 61.9 Å². The molecule has 5 rings (SSSR count). The maximum atomic E-state index is 12.8. The molecule has 2 amide bonds. The summed E-state index contributed by atoms with van der Waals surface area (Å²) in [5, 5.41) is 3.34. The summed E-state index contributed by atoms with van der Waals surface area (Å²) in [5.74, 6) is 0.738. The normalized spacial score (nSPS) is 20.5. The fourth-order valence-corrected chi connectivity index (χ4v) is 5.57. The van der Waals surface area contributed by atoms with Gasteiger partial charge in [0.2, 0.25) is 5.91 Å². The van der Waals surface area contributed by atoms with Crippen molar-refractivity contribution in [2.75, 3.05) is 26.2 Å². The second-order valence-electron chi connectivity index (χ2n) is 10.1. The molecule has 1 N–H and O–H groups in total. The van der Waals surface area contributed by atoms with Gasteiger partial charge >= 0.3 is 6.09 Å². The van der Waals surface area contributed by atoms with Gasteiger partial charge in [0.25, 0.3) is 0 Å². The van der Waals surface area contributed by atoms with Crippen LogP contribution < -0.4 is 5.32 Å². The van der Waals surface area contributed by atoms with Crippen LogP contribution in [0.1, 0.15) is 49.3 Å². The maximum Gasteiger partial charge on any atom is 0.410 e. The van der Waals surface area contributed by atoms with Gasteiger partial charge in [-0.1, -0.05) is 73.5 Å². The molecular formula is C29H35N3O3. The molecule has 2 aliphatic heterocycles. The molecule has 3 aliphatic rings. The molecule has 0 spiro atoms. The number of carbonyl (C=O) groups is 2. The third-order valence-corrected chi connectivity index (χ3v) is 7.55. The van der Waals surface area contributed by atoms with Gasteiger partial charge < -0.3 is 19.9 Å². The Kier molecular flexibility index (Phi) is 7.36. The fraction of sp³-hybridized carbons (Fsp3) is 0.448. The van der Waals surface area contributed by atoms with E-state index in [4.69, 9.17) is 4.74 Å². The lowest BCUT2D eigenvalue weighted by molar-refractivity contribution is -0.125. The molecule has 6 nitrogen and oxygen atoms in total. The van der Waals surface area contributed by atoms with Crippen molar-refractivity contribution in [2.24, 2.45) is 11.8 Å². The molecule has 35 heavy (non-hydrogen) atoms. The third kappa shape index (κ3) is 5.87. The quantitative estimate of drug-likeness (QED) is 0.593. The highest BCUT2D eigenvalue weighted by Crippen LogP contribution is 2.31. The highest BCUT2D eigenvalue weighted by atomic mass is 16.6. The first-order chi connectivity index (χ1) is 17.2. The van der Waals surface area contributed by atoms with Crippen LogP contribution in [-0.2, 0) is 16.1 Å². The second kappa shape index (κ2) is 11.0. The number of amides is 2. The van der Waals surface area contributed by atoms with Crippen LogP contribution in [0.5, 0.6) is 0 Å². The van der Waals surface area contributed by atoms with E-state index in [2.05, 4.69) is 28.5 Å². The average molecular weight is 474 g/mol. The van der Waals surface area contributed by atoms with E-state index in [0.29, 0.717) is 25.6 Å². The minimum atomic E-state index is -0.241. The van der Waals surface area contributed by atoms with Crippen LogP contribution >= 0.6 is 0 Å². The van der Waals surface area contributed by atoms with E-state index < -0.39 is 0 Å². The van der Waals surface area contributed by atoms with Crippen molar-refractivity contribution >= 4 is 12.0 Å². The van der Waals surface area contributed by atoms with E-state index in [1.807, 2.05) is 53.4 Å². The number of nitrogens with one attached hydrogen (secondary N) is 1. The van der Waals surface area contributed by atoms with Gasteiger partial charge in [-0.15, -0.1) is 0 Å². The fourth-order valence-electron chi connectivity index (χ4n) is 5.57. The van der Waals surface area contributed by atoms with Crippen molar-refractivity contribution in [3.63, 3.8) is 0 Å². The van der Waals surface area contributed by atoms with Gasteiger partial charge in [-0.3, -0.25) is 4.79 Å². The molecule has 2 heterocycles. The molecule has 6 heteroatoms. The van der Waals surface area contributed by atoms with Crippen LogP contribution in [-0.4, -0.2) is 48.0 Å². The smallest absolute Gasteiger partial charge is 0.410 e. The van der Waals surface area contributed by atoms with Gasteiger partial charge in [-0.25, -0.2) is 4.79 Å². The average Bonchev–Trinajstić information content (AvgIpc) is 3.63. The van der Waals surface area contributed by atoms with Gasteiger partial charge in [0.05, 0.1) is 6.04 Å². The Hall–Kier alpha value is -3.28. The third-order valence-electron chi connectivity index (χ3n) is 7.55. The minimum absolute atomic E-state index is 0.0209. The Morgan fingerprint density at radius 2 is 1.69 bits per heavy atom. The molecule has 1 saturated carbocycles. The van der Waals surface area contributed by atoms with Gasteiger partial charge in [0, 0.05) is 44.2 Å². The molecule has 2 unspecified atom stereocenters. The number of hydrogen-bond donors (Lipinski definition) is 1. The number of carbonyl (C=O) groups excluding carboxylic acids is 2. The van der Waals surface area contributed by atoms with Crippen molar-refractivity contribution in [2.45, 2.75) is 44.8 Å². The summed E-state index contributed by atoms with van der Waals surface area (Å²) in [6.07, 6.45) is 7.18. The molecular weight excluding hydrogens is 438 g/mol. The summed E-state index contributed by atoms with van der Waals surface area (Å²) >= 11 is 0. The molecule has 2 aromatic rings. The van der Waals surface area contributed by atoms with Crippen LogP contribution in [0, 0.1) is 11.8 Å². The first kappa shape index (κ1) is 23.5. The van der Waals surface area contributed by atoms with E-state index in [0.717, 1.165) is 50.8 Å². The molecule has 184 valence electrons. The van der Waals surface area contributed by atoms with E-state index >= 15 is 0 Å². The number of nitrogens with zero attached hydrogens (tertiary/aromatic N) is 2. The summed E-state index contributed by atoms with van der Waals surface area (Å²) in [4.78, 5) is 29.5. The Balaban J connectivity index is 1.13. The summed E-state index contributed by atoms with van der Waals surface area (Å²) in [7, 11) is 0. The van der Waals surface area contributed by atoms with E-state index in [-0.39, 0.29) is 24.0 Å². The first-order valence-electron chi connectivity index (χ1n) is 12.9. The molecule has 2 aromatic carbocycles. The van der Waals surface area contributed by atoms with Gasteiger partial charge in [-0.2, -0.15) is 0 Å². The SMILES string of the molecule is O=C(NC(CCN1C=C2CN(C(=O)OCc3ccccc3)CC2C1)c1ccccc1)C1CCCC1. The molecule has 1 saturated heterocycles. The van der Waals surface area contributed by atoms with E-state index in [1.54, 1.807) is 0 Å². The van der Waals surface area contributed by atoms with Crippen molar-refractivity contribution in [1.29, 1.82) is 0 Å². The van der Waals surface area contributed by atoms with Crippen LogP contribution in [0.2, 0.25) is 0 Å². The van der Waals surface area contributed by atoms with Crippen LogP contribution in [0.15, 0.2) is 72.4 Å². The number of ether oxygens (including phenoxy) is 1. The van der Waals surface area contributed by atoms with Gasteiger partial charge in [-0.05, 0) is 36.0 Å². The van der Waals surface area contributed by atoms with Crippen LogP contribution in [0.4, 0.5) is 4.79 Å². The zero-order valence-corrected chi connectivity index (χ0v) is 20.3. The monoisotopic (exact) mass is 473 g/mol. The van der Waals surface area contributed by atoms with Crippen LogP contribution in [0.3, 0.4) is 0 Å². The lowest BCUT2D eigenvalue weighted by Gasteiger charge is -2.25. The summed E-state index contributed by atoms with van der Waals surface area (Å²) in [6, 6.07) is 20.1. The molecule has 2 fully saturated rings. The zero-order chi connectivity index (χ0) is 24.0. The standard InChI is InChI=1S/C29H35N3O3/c33-28(24-13-7-8-14-24)30-27(23-11-5-2-6-12-23)15-16-31-17-25-19-32(20-26(25)18-31)29(34)35-21-22-9-3-1-4-10-22/h1-6,9-12,17,24,26-27H,7-8,13-16,18-21H2,(H,30,33). The van der Waals surface area contributed by atoms with E-state index in [1.165, 1.54) is 11.1 Å². The number of likely N-dealkylation sites (tertiary alicyclic amines) is 1. The molecule has 0 aromatic heterocycles. The molecule has 1 aliphatic carbocycles. The Morgan fingerprint density at radius 1 is 0.971 bits per heavy atom. The molecule has 0 radical (unpaired) electrons. The second-order valence-corrected chi connectivity index (χ2v) is 10.1. The Bertz CT molecular complexity index is 1030. The first-order valence-corrected chi connectivity index (χ1v) is 12.9. The lowest BCUT2D eigenvalue weighted by Crippen LogP contribution is -2.35. The van der Waals surface area contributed by atoms with Crippen molar-refractivity contribution in [1.82, 2.24) is 15.1 Å². The molecule has 2 atom stereocenters. The predicted octanol–water partition coefficient (Wildman–Crippen LogP) is 4.89. The minimum Gasteiger partial charge on any atom is -0.445 e. The van der Waals surface area contributed by atoms with Gasteiger partial charge in [0.1, 0.15) is 6.61 Å². The van der Waals surface area contributed by atoms with Crippen molar-refractivity contribution in [3.8, 4) is 0 Å². The highest BCUT2D eigenvalue weighted by molar-refractivity contribution is 5.79. The Labute approximate surface area is 207 Å². The van der Waals surface area contributed by atoms with Crippen LogP contribution in [0.25, 0.3) is 0 Å². The summed E-state index contributed by atoms with van der Waals surface area (Å²) < 4.78 is 5.52. The summed E-state index contributed by atoms with van der Waals surface area (Å²) in [6.45, 7) is 3.43.